The van der Waals surface area contributed by atoms with Crippen molar-refractivity contribution in [1.29, 1.82) is 0 Å². The molecule has 0 bridgehead atoms. The third-order valence-electron chi connectivity index (χ3n) is 3.04. The Hall–Kier alpha value is 0.210. The molecule has 72 valence electrons. The van der Waals surface area contributed by atoms with E-state index in [0.717, 1.165) is 25.6 Å². The Balaban J connectivity index is 0.000000720. The number of likely N-dealkylation sites (tertiary alicyclic amines) is 1. The fraction of sp³-hybridized carbons (Fsp3) is 1.00. The zero-order valence-electron chi connectivity index (χ0n) is 7.41. The van der Waals surface area contributed by atoms with Crippen molar-refractivity contribution in [3.63, 3.8) is 0 Å². The molecule has 0 radical (unpaired) electrons. The largest absolute Gasteiger partial charge is 0.392 e. The first kappa shape index (κ1) is 10.3. The molecule has 2 fully saturated rings. The maximum absolute atomic E-state index is 9.32. The SMILES string of the molecule is Cl.OC1CCN(C2CCCC2)C1. The van der Waals surface area contributed by atoms with E-state index < -0.39 is 0 Å². The Kier molecular flexibility index (Phi) is 3.81. The van der Waals surface area contributed by atoms with Crippen molar-refractivity contribution in [3.05, 3.63) is 0 Å². The van der Waals surface area contributed by atoms with Crippen molar-refractivity contribution in [1.82, 2.24) is 4.90 Å². The lowest BCUT2D eigenvalue weighted by Crippen LogP contribution is -2.31. The first-order chi connectivity index (χ1) is 5.36. The molecule has 12 heavy (non-hydrogen) atoms. The smallest absolute Gasteiger partial charge is 0.0679 e. The highest BCUT2D eigenvalue weighted by molar-refractivity contribution is 5.85. The summed E-state index contributed by atoms with van der Waals surface area (Å²) >= 11 is 0. The van der Waals surface area contributed by atoms with E-state index >= 15 is 0 Å². The van der Waals surface area contributed by atoms with Crippen LogP contribution in [-0.2, 0) is 0 Å². The minimum Gasteiger partial charge on any atom is -0.392 e. The molecule has 1 N–H and O–H groups in total. The molecule has 1 saturated carbocycles. The third-order valence-corrected chi connectivity index (χ3v) is 3.04. The Bertz CT molecular complexity index is 136. The molecule has 1 unspecified atom stereocenters. The number of aliphatic hydroxyl groups excluding tert-OH is 1. The number of halogens is 1. The lowest BCUT2D eigenvalue weighted by molar-refractivity contribution is 0.160. The Morgan fingerprint density at radius 2 is 1.75 bits per heavy atom. The maximum Gasteiger partial charge on any atom is 0.0679 e. The summed E-state index contributed by atoms with van der Waals surface area (Å²) in [6.45, 7) is 2.07. The Morgan fingerprint density at radius 3 is 2.25 bits per heavy atom. The second-order valence-corrected chi connectivity index (χ2v) is 3.88. The number of nitrogens with zero attached hydrogens (tertiary/aromatic N) is 1. The third kappa shape index (κ3) is 2.12. The molecule has 1 aliphatic carbocycles. The molecule has 0 aromatic rings. The second kappa shape index (κ2) is 4.45. The number of β-amino-alcohol motifs (C(OH)–C–C–N with tert-alkyl or cyclic N) is 1. The Morgan fingerprint density at radius 1 is 1.08 bits per heavy atom. The fourth-order valence-electron chi connectivity index (χ4n) is 2.37. The summed E-state index contributed by atoms with van der Waals surface area (Å²) in [5, 5.41) is 9.32. The van der Waals surface area contributed by atoms with Crippen LogP contribution >= 0.6 is 12.4 Å². The zero-order chi connectivity index (χ0) is 7.68. The minimum absolute atomic E-state index is 0. The van der Waals surface area contributed by atoms with Crippen LogP contribution in [-0.4, -0.2) is 35.2 Å². The number of rotatable bonds is 1. The van der Waals surface area contributed by atoms with Gasteiger partial charge < -0.3 is 5.11 Å². The standard InChI is InChI=1S/C9H17NO.ClH/c11-9-5-6-10(7-9)8-3-1-2-4-8;/h8-9,11H,1-7H2;1H. The quantitative estimate of drug-likeness (QED) is 0.678. The molecule has 1 atom stereocenters. The van der Waals surface area contributed by atoms with Crippen LogP contribution in [0, 0.1) is 0 Å². The molecule has 1 saturated heterocycles. The molecule has 2 aliphatic rings. The van der Waals surface area contributed by atoms with Gasteiger partial charge in [-0.15, -0.1) is 12.4 Å². The van der Waals surface area contributed by atoms with Crippen LogP contribution < -0.4 is 0 Å². The van der Waals surface area contributed by atoms with Crippen molar-refractivity contribution in [2.24, 2.45) is 0 Å². The van der Waals surface area contributed by atoms with Gasteiger partial charge in [0, 0.05) is 19.1 Å². The Labute approximate surface area is 80.4 Å². The van der Waals surface area contributed by atoms with E-state index in [-0.39, 0.29) is 18.5 Å². The van der Waals surface area contributed by atoms with Gasteiger partial charge in [0.05, 0.1) is 6.10 Å². The molecular formula is C9H18ClNO. The van der Waals surface area contributed by atoms with Crippen LogP contribution in [0.3, 0.4) is 0 Å². The van der Waals surface area contributed by atoms with Crippen LogP contribution in [0.1, 0.15) is 32.1 Å². The van der Waals surface area contributed by atoms with Crippen molar-refractivity contribution in [2.45, 2.75) is 44.2 Å². The van der Waals surface area contributed by atoms with E-state index in [4.69, 9.17) is 0 Å². The van der Waals surface area contributed by atoms with Gasteiger partial charge in [-0.2, -0.15) is 0 Å². The van der Waals surface area contributed by atoms with Crippen LogP contribution in [0.5, 0.6) is 0 Å². The van der Waals surface area contributed by atoms with Gasteiger partial charge in [-0.05, 0) is 19.3 Å². The molecule has 2 nitrogen and oxygen atoms in total. The second-order valence-electron chi connectivity index (χ2n) is 3.88. The summed E-state index contributed by atoms with van der Waals surface area (Å²) in [4.78, 5) is 2.47. The minimum atomic E-state index is -0.0319. The van der Waals surface area contributed by atoms with Gasteiger partial charge in [0.15, 0.2) is 0 Å². The zero-order valence-corrected chi connectivity index (χ0v) is 8.22. The molecule has 0 amide bonds. The topological polar surface area (TPSA) is 23.5 Å². The summed E-state index contributed by atoms with van der Waals surface area (Å²) in [6.07, 6.45) is 6.50. The van der Waals surface area contributed by atoms with Gasteiger partial charge >= 0.3 is 0 Å². The average Bonchev–Trinajstić information content (AvgIpc) is 2.55. The molecule has 2 rings (SSSR count). The predicted molar refractivity (Wildman–Crippen MR) is 51.7 cm³/mol. The number of hydrogen-bond donors (Lipinski definition) is 1. The molecule has 0 aromatic carbocycles. The summed E-state index contributed by atoms with van der Waals surface area (Å²) in [5.74, 6) is 0. The van der Waals surface area contributed by atoms with Gasteiger partial charge in [-0.25, -0.2) is 0 Å². The van der Waals surface area contributed by atoms with Crippen molar-refractivity contribution in [2.75, 3.05) is 13.1 Å². The van der Waals surface area contributed by atoms with Gasteiger partial charge in [-0.1, -0.05) is 12.8 Å². The first-order valence-corrected chi connectivity index (χ1v) is 4.78. The predicted octanol–water partition coefficient (Wildman–Crippen LogP) is 1.42. The number of hydrogen-bond acceptors (Lipinski definition) is 2. The van der Waals surface area contributed by atoms with Crippen LogP contribution in [0.2, 0.25) is 0 Å². The molecule has 0 aromatic heterocycles. The molecule has 1 aliphatic heterocycles. The highest BCUT2D eigenvalue weighted by Crippen LogP contribution is 2.26. The molecule has 1 heterocycles. The van der Waals surface area contributed by atoms with Crippen LogP contribution in [0.15, 0.2) is 0 Å². The summed E-state index contributed by atoms with van der Waals surface area (Å²) in [7, 11) is 0. The number of aliphatic hydroxyl groups is 1. The maximum atomic E-state index is 9.32. The fourth-order valence-corrected chi connectivity index (χ4v) is 2.37. The van der Waals surface area contributed by atoms with E-state index in [2.05, 4.69) is 4.90 Å². The van der Waals surface area contributed by atoms with Gasteiger partial charge in [0.25, 0.3) is 0 Å². The van der Waals surface area contributed by atoms with Crippen LogP contribution in [0.4, 0.5) is 0 Å². The van der Waals surface area contributed by atoms with E-state index in [1.165, 1.54) is 25.7 Å². The molecular weight excluding hydrogens is 174 g/mol. The van der Waals surface area contributed by atoms with E-state index in [1.807, 2.05) is 0 Å². The van der Waals surface area contributed by atoms with Crippen molar-refractivity contribution in [3.8, 4) is 0 Å². The van der Waals surface area contributed by atoms with Gasteiger partial charge in [-0.3, -0.25) is 4.90 Å². The average molecular weight is 192 g/mol. The van der Waals surface area contributed by atoms with Crippen molar-refractivity contribution >= 4 is 12.4 Å². The molecule has 3 heteroatoms. The van der Waals surface area contributed by atoms with E-state index in [0.29, 0.717) is 0 Å². The highest BCUT2D eigenvalue weighted by Gasteiger charge is 2.28. The normalized spacial score (nSPS) is 32.2. The van der Waals surface area contributed by atoms with Crippen molar-refractivity contribution < 1.29 is 5.11 Å². The monoisotopic (exact) mass is 191 g/mol. The summed E-state index contributed by atoms with van der Waals surface area (Å²) < 4.78 is 0. The van der Waals surface area contributed by atoms with Gasteiger partial charge in [0.1, 0.15) is 0 Å². The molecule has 0 spiro atoms. The lowest BCUT2D eigenvalue weighted by atomic mass is 10.2. The first-order valence-electron chi connectivity index (χ1n) is 4.78. The van der Waals surface area contributed by atoms with Crippen LogP contribution in [0.25, 0.3) is 0 Å². The lowest BCUT2D eigenvalue weighted by Gasteiger charge is -2.22. The van der Waals surface area contributed by atoms with E-state index in [9.17, 15) is 5.11 Å². The highest BCUT2D eigenvalue weighted by atomic mass is 35.5. The van der Waals surface area contributed by atoms with Gasteiger partial charge in [0.2, 0.25) is 0 Å². The summed E-state index contributed by atoms with van der Waals surface area (Å²) in [6, 6.07) is 0.812. The summed E-state index contributed by atoms with van der Waals surface area (Å²) in [5.41, 5.74) is 0. The van der Waals surface area contributed by atoms with E-state index in [1.54, 1.807) is 0 Å².